The van der Waals surface area contributed by atoms with E-state index in [0.717, 1.165) is 18.5 Å². The second kappa shape index (κ2) is 3.83. The number of hydrogen-bond donors (Lipinski definition) is 1. The summed E-state index contributed by atoms with van der Waals surface area (Å²) < 4.78 is 27.1. The minimum absolute atomic E-state index is 0.0213. The first-order chi connectivity index (χ1) is 9.52. The van der Waals surface area contributed by atoms with E-state index >= 15 is 0 Å². The van der Waals surface area contributed by atoms with Gasteiger partial charge < -0.3 is 9.88 Å². The normalized spacial score (nSPS) is 26.8. The van der Waals surface area contributed by atoms with Crippen molar-refractivity contribution in [2.75, 3.05) is 13.1 Å². The molecule has 1 spiro atoms. The van der Waals surface area contributed by atoms with Crippen molar-refractivity contribution in [2.45, 2.75) is 43.9 Å². The number of carbonyl (C=O) groups is 1. The Morgan fingerprint density at radius 2 is 2.05 bits per heavy atom. The van der Waals surface area contributed by atoms with Crippen LogP contribution in [0.5, 0.6) is 0 Å². The van der Waals surface area contributed by atoms with Gasteiger partial charge in [0.2, 0.25) is 0 Å². The molecule has 3 aliphatic rings. The molecule has 1 N–H and O–H groups in total. The van der Waals surface area contributed by atoms with E-state index in [1.807, 2.05) is 0 Å². The molecule has 2 heterocycles. The summed E-state index contributed by atoms with van der Waals surface area (Å²) in [6.07, 6.45) is 5.75. The van der Waals surface area contributed by atoms with E-state index in [1.54, 1.807) is 17.2 Å². The van der Waals surface area contributed by atoms with Crippen LogP contribution in [0.25, 0.3) is 0 Å². The predicted molar refractivity (Wildman–Crippen MR) is 69.9 cm³/mol. The van der Waals surface area contributed by atoms with Gasteiger partial charge in [-0.15, -0.1) is 0 Å². The molecule has 20 heavy (non-hydrogen) atoms. The van der Waals surface area contributed by atoms with E-state index in [1.165, 1.54) is 6.42 Å². The predicted octanol–water partition coefficient (Wildman–Crippen LogP) is 3.15. The monoisotopic (exact) mass is 280 g/mol. The number of nitrogens with zero attached hydrogens (tertiary/aromatic N) is 1. The van der Waals surface area contributed by atoms with Crippen LogP contribution in [0.1, 0.15) is 54.1 Å². The molecule has 2 saturated carbocycles. The maximum Gasteiger partial charge on any atom is 0.257 e. The number of amides is 1. The zero-order chi connectivity index (χ0) is 14.0. The van der Waals surface area contributed by atoms with E-state index in [2.05, 4.69) is 4.98 Å². The lowest BCUT2D eigenvalue weighted by Crippen LogP contribution is -2.70. The van der Waals surface area contributed by atoms with Gasteiger partial charge in [-0.1, -0.05) is 6.42 Å². The van der Waals surface area contributed by atoms with Crippen molar-refractivity contribution in [1.82, 2.24) is 9.88 Å². The molecule has 1 amide bonds. The van der Waals surface area contributed by atoms with E-state index in [-0.39, 0.29) is 25.4 Å². The van der Waals surface area contributed by atoms with Gasteiger partial charge in [-0.25, -0.2) is 8.78 Å². The third-order valence-corrected chi connectivity index (χ3v) is 5.49. The van der Waals surface area contributed by atoms with Gasteiger partial charge in [0.25, 0.3) is 11.8 Å². The molecule has 1 saturated heterocycles. The Balaban J connectivity index is 1.48. The van der Waals surface area contributed by atoms with Crippen molar-refractivity contribution in [3.63, 3.8) is 0 Å². The number of hydrogen-bond acceptors (Lipinski definition) is 1. The van der Waals surface area contributed by atoms with E-state index in [9.17, 15) is 13.6 Å². The second-order valence-electron chi connectivity index (χ2n) is 6.58. The van der Waals surface area contributed by atoms with Crippen molar-refractivity contribution < 1.29 is 13.6 Å². The Labute approximate surface area is 116 Å². The van der Waals surface area contributed by atoms with Gasteiger partial charge in [0.15, 0.2) is 0 Å². The minimum atomic E-state index is -2.57. The summed E-state index contributed by atoms with van der Waals surface area (Å²) in [4.78, 5) is 17.2. The molecular weight excluding hydrogens is 262 g/mol. The highest BCUT2D eigenvalue weighted by Crippen LogP contribution is 2.59. The van der Waals surface area contributed by atoms with Gasteiger partial charge in [-0.05, 0) is 31.2 Å². The number of halogens is 2. The molecular formula is C15H18F2N2O. The van der Waals surface area contributed by atoms with Crippen molar-refractivity contribution in [2.24, 2.45) is 5.41 Å². The second-order valence-corrected chi connectivity index (χ2v) is 6.58. The zero-order valence-corrected chi connectivity index (χ0v) is 11.3. The molecule has 3 nitrogen and oxygen atoms in total. The number of aromatic nitrogens is 1. The van der Waals surface area contributed by atoms with Crippen LogP contribution < -0.4 is 0 Å². The summed E-state index contributed by atoms with van der Waals surface area (Å²) in [6, 6.07) is 1.79. The molecule has 4 rings (SSSR count). The average molecular weight is 280 g/mol. The summed E-state index contributed by atoms with van der Waals surface area (Å²) in [5, 5.41) is 0. The number of alkyl halides is 2. The maximum atomic E-state index is 13.5. The molecule has 3 fully saturated rings. The molecule has 1 aromatic heterocycles. The largest absolute Gasteiger partial charge is 0.364 e. The van der Waals surface area contributed by atoms with Crippen LogP contribution in [0.2, 0.25) is 0 Å². The van der Waals surface area contributed by atoms with Crippen molar-refractivity contribution in [3.05, 3.63) is 23.5 Å². The van der Waals surface area contributed by atoms with E-state index in [4.69, 9.17) is 0 Å². The quantitative estimate of drug-likeness (QED) is 0.887. The fourth-order valence-electron chi connectivity index (χ4n) is 3.66. The van der Waals surface area contributed by atoms with Crippen LogP contribution in [-0.2, 0) is 0 Å². The van der Waals surface area contributed by atoms with Gasteiger partial charge in [0.1, 0.15) is 0 Å². The van der Waals surface area contributed by atoms with E-state index in [0.29, 0.717) is 17.9 Å². The highest BCUT2D eigenvalue weighted by molar-refractivity contribution is 5.96. The Kier molecular flexibility index (Phi) is 2.37. The van der Waals surface area contributed by atoms with Gasteiger partial charge in [-0.3, -0.25) is 4.79 Å². The topological polar surface area (TPSA) is 36.1 Å². The zero-order valence-electron chi connectivity index (χ0n) is 11.3. The maximum absolute atomic E-state index is 13.5. The third kappa shape index (κ3) is 1.46. The molecule has 0 atom stereocenters. The summed E-state index contributed by atoms with van der Waals surface area (Å²) in [6.45, 7) is 0.433. The Morgan fingerprint density at radius 3 is 2.55 bits per heavy atom. The molecule has 108 valence electrons. The highest BCUT2D eigenvalue weighted by atomic mass is 19.3. The van der Waals surface area contributed by atoms with Crippen LogP contribution in [0.15, 0.2) is 12.3 Å². The lowest BCUT2D eigenvalue weighted by Gasteiger charge is -2.59. The fourth-order valence-corrected chi connectivity index (χ4v) is 3.66. The number of likely N-dealkylation sites (tertiary alicyclic amines) is 1. The lowest BCUT2D eigenvalue weighted by atomic mass is 9.60. The SMILES string of the molecule is O=C(c1cc[nH]c1C1CCC1)N1CC2(CCC2(F)F)C1. The number of carbonyl (C=O) groups excluding carboxylic acids is 1. The highest BCUT2D eigenvalue weighted by Gasteiger charge is 2.67. The van der Waals surface area contributed by atoms with Crippen molar-refractivity contribution >= 4 is 5.91 Å². The van der Waals surface area contributed by atoms with Gasteiger partial charge in [0, 0.05) is 31.4 Å². The van der Waals surface area contributed by atoms with Gasteiger partial charge in [-0.2, -0.15) is 0 Å². The van der Waals surface area contributed by atoms with Crippen molar-refractivity contribution in [1.29, 1.82) is 0 Å². The molecule has 0 aromatic carbocycles. The van der Waals surface area contributed by atoms with Crippen LogP contribution >= 0.6 is 0 Å². The van der Waals surface area contributed by atoms with Crippen molar-refractivity contribution in [3.8, 4) is 0 Å². The van der Waals surface area contributed by atoms with E-state index < -0.39 is 11.3 Å². The summed E-state index contributed by atoms with van der Waals surface area (Å²) in [7, 11) is 0. The molecule has 0 unspecified atom stereocenters. The molecule has 5 heteroatoms. The van der Waals surface area contributed by atoms with Gasteiger partial charge >= 0.3 is 0 Å². The van der Waals surface area contributed by atoms with Crippen LogP contribution in [0, 0.1) is 5.41 Å². The molecule has 2 aliphatic carbocycles. The Bertz CT molecular complexity index is 556. The van der Waals surface area contributed by atoms with Crippen LogP contribution in [0.4, 0.5) is 8.78 Å². The molecule has 0 bridgehead atoms. The first kappa shape index (κ1) is 12.4. The lowest BCUT2D eigenvalue weighted by molar-refractivity contribution is -0.248. The first-order valence-electron chi connectivity index (χ1n) is 7.37. The summed E-state index contributed by atoms with van der Waals surface area (Å²) >= 11 is 0. The minimum Gasteiger partial charge on any atom is -0.364 e. The molecule has 1 aromatic rings. The average Bonchev–Trinajstić information content (AvgIpc) is 2.72. The Morgan fingerprint density at radius 1 is 1.30 bits per heavy atom. The van der Waals surface area contributed by atoms with Crippen LogP contribution in [0.3, 0.4) is 0 Å². The van der Waals surface area contributed by atoms with Crippen LogP contribution in [-0.4, -0.2) is 34.8 Å². The number of aromatic amines is 1. The summed E-state index contributed by atoms with van der Waals surface area (Å²) in [5.41, 5.74) is 0.782. The number of nitrogens with one attached hydrogen (secondary N) is 1. The Hall–Kier alpha value is -1.39. The number of H-pyrrole nitrogens is 1. The third-order valence-electron chi connectivity index (χ3n) is 5.49. The fraction of sp³-hybridized carbons (Fsp3) is 0.667. The smallest absolute Gasteiger partial charge is 0.257 e. The molecule has 1 aliphatic heterocycles. The van der Waals surface area contributed by atoms with Gasteiger partial charge in [0.05, 0.1) is 11.0 Å². The molecule has 0 radical (unpaired) electrons. The number of rotatable bonds is 2. The first-order valence-corrected chi connectivity index (χ1v) is 7.37. The standard InChI is InChI=1S/C15H18F2N2O/c16-15(17)6-5-14(15)8-19(9-14)13(20)11-4-7-18-12(11)10-2-1-3-10/h4,7,10,18H,1-3,5-6,8-9H2. The summed E-state index contributed by atoms with van der Waals surface area (Å²) in [5.74, 6) is -2.20.